The molecule has 17 N–H and O–H groups in total. The number of rotatable bonds is 22. The lowest BCUT2D eigenvalue weighted by Gasteiger charge is -2.50. The van der Waals surface area contributed by atoms with E-state index in [1.165, 1.54) is 0 Å². The van der Waals surface area contributed by atoms with Gasteiger partial charge in [0.15, 0.2) is 37.6 Å². The van der Waals surface area contributed by atoms with Crippen LogP contribution >= 0.6 is 0 Å². The summed E-state index contributed by atoms with van der Waals surface area (Å²) in [4.78, 5) is 24.4. The second kappa shape index (κ2) is 25.9. The summed E-state index contributed by atoms with van der Waals surface area (Å²) in [5.74, 6) is -2.86. The van der Waals surface area contributed by atoms with Crippen molar-refractivity contribution in [3.8, 4) is 0 Å². The van der Waals surface area contributed by atoms with Crippen molar-refractivity contribution in [2.75, 3.05) is 39.6 Å². The number of hydrogen-bond donors (Lipinski definition) is 16. The van der Waals surface area contributed by atoms with Crippen molar-refractivity contribution < 1.29 is 146 Å². The van der Waals surface area contributed by atoms with Gasteiger partial charge in [-0.3, -0.25) is 8.98 Å². The van der Waals surface area contributed by atoms with Gasteiger partial charge in [-0.2, -0.15) is 0 Å². The Morgan fingerprint density at radius 2 is 0.986 bits per heavy atom. The van der Waals surface area contributed by atoms with E-state index in [1.54, 1.807) is 0 Å². The second-order valence-corrected chi connectivity index (χ2v) is 17.9. The van der Waals surface area contributed by atoms with Gasteiger partial charge in [-0.25, -0.2) is 13.2 Å². The minimum atomic E-state index is -5.74. The van der Waals surface area contributed by atoms with E-state index in [9.17, 15) is 94.1 Å². The van der Waals surface area contributed by atoms with Crippen molar-refractivity contribution in [1.29, 1.82) is 0 Å². The van der Waals surface area contributed by atoms with E-state index in [2.05, 4.69) is 9.50 Å². The molecule has 1 amide bonds. The molecular formula is C37H63N2O30S-. The number of aliphatic hydroxyl groups excluding tert-OH is 13. The van der Waals surface area contributed by atoms with Crippen molar-refractivity contribution in [2.24, 2.45) is 5.73 Å². The third kappa shape index (κ3) is 13.8. The van der Waals surface area contributed by atoms with E-state index in [0.29, 0.717) is 25.8 Å². The quantitative estimate of drug-likeness (QED) is 0.0272. The number of ether oxygens (including phenoxy) is 10. The number of carbonyl (C=O) groups excluding carboxylic acids is 1. The highest BCUT2D eigenvalue weighted by atomic mass is 32.3. The van der Waals surface area contributed by atoms with Gasteiger partial charge in [-0.05, 0) is 25.8 Å². The molecule has 0 aromatic carbocycles. The molecule has 70 heavy (non-hydrogen) atoms. The number of carboxylic acid groups (broad SMARTS) is 1. The number of carboxylic acids is 1. The van der Waals surface area contributed by atoms with Crippen LogP contribution in [0.25, 0.3) is 0 Å². The number of aliphatic carboxylic acids is 1. The fraction of sp³-hybridized carbons (Fsp3) is 0.946. The van der Waals surface area contributed by atoms with Gasteiger partial charge in [-0.15, -0.1) is 0 Å². The van der Waals surface area contributed by atoms with Gasteiger partial charge in [0.2, 0.25) is 16.3 Å². The lowest BCUT2D eigenvalue weighted by molar-refractivity contribution is -0.386. The number of unbranched alkanes of at least 4 members (excludes halogenated alkanes) is 2. The monoisotopic (exact) mass is 1050 g/mol. The molecule has 5 fully saturated rings. The van der Waals surface area contributed by atoms with Crippen LogP contribution in [-0.2, 0) is 71.5 Å². The molecule has 25 atom stereocenters. The van der Waals surface area contributed by atoms with Gasteiger partial charge in [0.1, 0.15) is 116 Å². The van der Waals surface area contributed by atoms with Crippen LogP contribution in [0.4, 0.5) is 0 Å². The summed E-state index contributed by atoms with van der Waals surface area (Å²) in [5.41, 5.74) is 5.50. The van der Waals surface area contributed by atoms with Crippen LogP contribution in [0.1, 0.15) is 26.2 Å². The van der Waals surface area contributed by atoms with Crippen LogP contribution in [0.15, 0.2) is 0 Å². The highest BCUT2D eigenvalue weighted by molar-refractivity contribution is 7.80. The molecule has 5 heterocycles. The van der Waals surface area contributed by atoms with E-state index in [0.717, 1.165) is 6.92 Å². The first-order valence-electron chi connectivity index (χ1n) is 21.9. The number of carbonyl (C=O) groups is 2. The Kier molecular flexibility index (Phi) is 21.7. The molecule has 33 heteroatoms. The minimum absolute atomic E-state index is 0.0905. The Balaban J connectivity index is 1.34. The molecule has 0 bridgehead atoms. The Morgan fingerprint density at radius 1 is 0.543 bits per heavy atom. The standard InChI is InChI=1S/C37H64N2O30S/c1-11(44)39-16-19(47)26(64-35-24(52)29(18(46)13(8-41)60-35)67-37-25(53)30(69-70(56,57)58)22(50)31(68-37)32(54)55)14(9-42)62-33(16)66-28-17(45)12(7-40)61-36(23(28)51)65-27-15(10-43)63-34(21(49)20(27)48)59-6-4-2-3-5-38/h12-31,33-37,40-43,45-53H,2-10,38H2,1H3,(H,39,44)(H,54,55)(H,56,57,58)/p-1/t12-,13-,14-,15-,16-,17+,18+,19-,20-,21-,22+,23-,24-,25-,26-,27-,28+,29+,30+,31+,33+,34-,35+,36+,37-/m1/s1. The zero-order chi connectivity index (χ0) is 51.9. The maximum Gasteiger partial charge on any atom is 0.335 e. The van der Waals surface area contributed by atoms with E-state index in [4.69, 9.17) is 53.1 Å². The molecule has 5 aliphatic heterocycles. The highest BCUT2D eigenvalue weighted by Crippen LogP contribution is 2.36. The van der Waals surface area contributed by atoms with Gasteiger partial charge < -0.3 is 134 Å². The molecule has 5 rings (SSSR count). The van der Waals surface area contributed by atoms with Gasteiger partial charge in [0, 0.05) is 13.5 Å². The van der Waals surface area contributed by atoms with Gasteiger partial charge in [0.05, 0.1) is 26.4 Å². The van der Waals surface area contributed by atoms with Gasteiger partial charge in [0.25, 0.3) is 0 Å². The summed E-state index contributed by atoms with van der Waals surface area (Å²) in [6.07, 6.45) is -46.8. The third-order valence-corrected chi connectivity index (χ3v) is 12.5. The average molecular weight is 1050 g/mol. The van der Waals surface area contributed by atoms with E-state index in [1.807, 2.05) is 0 Å². The van der Waals surface area contributed by atoms with Gasteiger partial charge in [-0.1, -0.05) is 0 Å². The Labute approximate surface area is 397 Å². The highest BCUT2D eigenvalue weighted by Gasteiger charge is 2.58. The normalized spacial score (nSPS) is 45.0. The largest absolute Gasteiger partial charge is 0.726 e. The molecule has 0 saturated carbocycles. The maximum atomic E-state index is 12.5. The van der Waals surface area contributed by atoms with Crippen LogP contribution in [0.3, 0.4) is 0 Å². The maximum absolute atomic E-state index is 12.5. The van der Waals surface area contributed by atoms with Crippen LogP contribution in [0.5, 0.6) is 0 Å². The lowest BCUT2D eigenvalue weighted by Crippen LogP contribution is -2.70. The molecule has 5 aliphatic rings. The Morgan fingerprint density at radius 3 is 1.46 bits per heavy atom. The van der Waals surface area contributed by atoms with E-state index < -0.39 is 202 Å². The fourth-order valence-electron chi connectivity index (χ4n) is 8.39. The molecule has 32 nitrogen and oxygen atoms in total. The minimum Gasteiger partial charge on any atom is -0.726 e. The smallest absolute Gasteiger partial charge is 0.335 e. The first kappa shape index (κ1) is 58.7. The van der Waals surface area contributed by atoms with Gasteiger partial charge >= 0.3 is 5.97 Å². The molecule has 5 saturated heterocycles. The summed E-state index contributed by atoms with van der Waals surface area (Å²) in [5, 5.41) is 153. The Hall–Kier alpha value is -2.15. The Bertz CT molecular complexity index is 1760. The molecule has 408 valence electrons. The summed E-state index contributed by atoms with van der Waals surface area (Å²) in [7, 11) is -5.74. The molecule has 0 radical (unpaired) electrons. The number of amides is 1. The first-order valence-corrected chi connectivity index (χ1v) is 23.3. The average Bonchev–Trinajstić information content (AvgIpc) is 3.30. The fourth-order valence-corrected chi connectivity index (χ4v) is 8.89. The summed E-state index contributed by atoms with van der Waals surface area (Å²) >= 11 is 0. The predicted octanol–water partition coefficient (Wildman–Crippen LogP) is -11.1. The number of aliphatic hydroxyl groups is 13. The van der Waals surface area contributed by atoms with Crippen molar-refractivity contribution in [3.05, 3.63) is 0 Å². The zero-order valence-electron chi connectivity index (χ0n) is 37.1. The van der Waals surface area contributed by atoms with Crippen molar-refractivity contribution in [2.45, 2.75) is 180 Å². The summed E-state index contributed by atoms with van der Waals surface area (Å²) in [6.45, 7) is -2.47. The predicted molar refractivity (Wildman–Crippen MR) is 214 cm³/mol. The zero-order valence-corrected chi connectivity index (χ0v) is 37.9. The van der Waals surface area contributed by atoms with Crippen LogP contribution in [-0.4, -0.2) is 289 Å². The number of hydrogen-bond acceptors (Lipinski definition) is 30. The SMILES string of the molecule is CC(=O)N[C@H]1[C@H](O[C@H]2[C@@H](O)[C@@H](CO)O[C@@H](O[C@H]3[C@H](O)[C@@H](O)[C@H](OCCCCCN)O[C@@H]3CO)[C@@H]2O)O[C@H](CO)[C@@H](O[C@@H]2O[C@H](CO)[C@H](O)[C@H](O[C@@H]3O[C@H](C(=O)O)[C@@H](O)[C@H](OS(=O)(=O)[O-])[C@H]3O)[C@H]2O)[C@@H]1O. The topological polar surface area (TPSA) is 514 Å². The summed E-state index contributed by atoms with van der Waals surface area (Å²) < 4.78 is 94.3. The van der Waals surface area contributed by atoms with Crippen LogP contribution < -0.4 is 11.1 Å². The molecule has 0 aromatic heterocycles. The van der Waals surface area contributed by atoms with Crippen LogP contribution in [0.2, 0.25) is 0 Å². The van der Waals surface area contributed by atoms with E-state index in [-0.39, 0.29) is 6.61 Å². The van der Waals surface area contributed by atoms with Crippen LogP contribution in [0, 0.1) is 0 Å². The third-order valence-electron chi connectivity index (χ3n) is 12.0. The molecule has 0 aromatic rings. The molecule has 0 aliphatic carbocycles. The number of nitrogens with one attached hydrogen (secondary N) is 1. The molecular weight excluding hydrogens is 984 g/mol. The van der Waals surface area contributed by atoms with E-state index >= 15 is 0 Å². The summed E-state index contributed by atoms with van der Waals surface area (Å²) in [6, 6.07) is -1.82. The second-order valence-electron chi connectivity index (χ2n) is 16.9. The van der Waals surface area contributed by atoms with Crippen molar-refractivity contribution in [1.82, 2.24) is 5.32 Å². The molecule has 0 unspecified atom stereocenters. The number of nitrogens with two attached hydrogens (primary N) is 1. The lowest BCUT2D eigenvalue weighted by atomic mass is 9.94. The first-order chi connectivity index (χ1) is 33.0. The van der Waals surface area contributed by atoms with Crippen molar-refractivity contribution >= 4 is 22.3 Å². The van der Waals surface area contributed by atoms with Crippen molar-refractivity contribution in [3.63, 3.8) is 0 Å². The molecule has 0 spiro atoms.